The molecule has 0 N–H and O–H groups in total. The molecule has 0 aliphatic carbocycles. The Kier molecular flexibility index (Phi) is 7.65. The van der Waals surface area contributed by atoms with Crippen molar-refractivity contribution in [1.82, 2.24) is 10.1 Å². The molecule has 1 aliphatic heterocycles. The van der Waals surface area contributed by atoms with E-state index in [0.717, 1.165) is 18.6 Å². The number of benzene rings is 2. The third kappa shape index (κ3) is 4.83. The van der Waals surface area contributed by atoms with Crippen molar-refractivity contribution >= 4 is 40.9 Å². The Labute approximate surface area is 218 Å². The van der Waals surface area contributed by atoms with Crippen LogP contribution in [0.2, 0.25) is 5.02 Å². The van der Waals surface area contributed by atoms with E-state index in [2.05, 4.69) is 11.9 Å². The number of fused-ring (bicyclic) bond motifs is 3. The molecule has 3 aromatic rings. The number of anilines is 1. The molecule has 0 saturated heterocycles. The first kappa shape index (κ1) is 25.7. The maximum Gasteiger partial charge on any atom is 0.308 e. The number of unbranched alkanes of at least 4 members (excludes halogenated alkanes) is 1. The van der Waals surface area contributed by atoms with E-state index in [1.54, 1.807) is 30.3 Å². The fraction of sp³-hybridized carbons (Fsp3) is 0.320. The zero-order valence-electron chi connectivity index (χ0n) is 20.3. The maximum atomic E-state index is 13.4. The Balaban J connectivity index is 2.06. The van der Waals surface area contributed by atoms with Crippen LogP contribution in [-0.4, -0.2) is 34.8 Å². The zero-order valence-corrected chi connectivity index (χ0v) is 21.9. The highest BCUT2D eigenvalue weighted by Gasteiger charge is 2.46. The molecule has 1 atom stereocenters. The van der Waals surface area contributed by atoms with E-state index in [9.17, 15) is 14.7 Å². The highest BCUT2D eigenvalue weighted by molar-refractivity contribution is 7.99. The lowest BCUT2D eigenvalue weighted by Gasteiger charge is -2.33. The molecule has 1 aromatic heterocycles. The predicted molar refractivity (Wildman–Crippen MR) is 133 cm³/mol. The van der Waals surface area contributed by atoms with Crippen LogP contribution in [0.15, 0.2) is 41.6 Å². The third-order valence-corrected chi connectivity index (χ3v) is 6.72. The molecular weight excluding hydrogens is 504 g/mol. The van der Waals surface area contributed by atoms with Crippen molar-refractivity contribution < 1.29 is 28.9 Å². The number of aromatic nitrogens is 3. The number of rotatable bonds is 7. The molecule has 9 nitrogen and oxygen atoms in total. The number of carbonyl (C=O) groups is 2. The lowest BCUT2D eigenvalue weighted by molar-refractivity contribution is -0.764. The van der Waals surface area contributed by atoms with Crippen LogP contribution in [0.5, 0.6) is 17.4 Å². The molecule has 2 heterocycles. The second kappa shape index (κ2) is 10.7. The van der Waals surface area contributed by atoms with Crippen LogP contribution in [0.4, 0.5) is 5.69 Å². The monoisotopic (exact) mass is 528 g/mol. The molecule has 188 valence electrons. The van der Waals surface area contributed by atoms with Crippen molar-refractivity contribution in [2.24, 2.45) is 0 Å². The Bertz CT molecular complexity index is 1340. The van der Waals surface area contributed by atoms with E-state index in [1.165, 1.54) is 48.4 Å². The summed E-state index contributed by atoms with van der Waals surface area (Å²) >= 11 is 7.79. The van der Waals surface area contributed by atoms with Crippen LogP contribution in [0.25, 0.3) is 11.3 Å². The van der Waals surface area contributed by atoms with Crippen LogP contribution < -0.4 is 24.2 Å². The molecule has 2 aromatic carbocycles. The minimum atomic E-state index is -1.00. The third-order valence-electron chi connectivity index (χ3n) is 5.58. The number of hydrogen-bond acceptors (Lipinski definition) is 8. The van der Waals surface area contributed by atoms with Crippen LogP contribution in [-0.2, 0) is 9.59 Å². The molecule has 0 saturated carbocycles. The number of carbonyl (C=O) groups excluding carboxylic acids is 2. The van der Waals surface area contributed by atoms with Gasteiger partial charge in [-0.3, -0.25) is 9.59 Å². The molecular formula is C25H25ClN4O5S. The average Bonchev–Trinajstić information content (AvgIpc) is 2.83. The normalized spacial score (nSPS) is 14.1. The van der Waals surface area contributed by atoms with E-state index in [-0.39, 0.29) is 33.3 Å². The first-order chi connectivity index (χ1) is 17.3. The van der Waals surface area contributed by atoms with Crippen molar-refractivity contribution in [2.75, 3.05) is 17.8 Å². The Morgan fingerprint density at radius 1 is 1.25 bits per heavy atom. The van der Waals surface area contributed by atoms with Gasteiger partial charge in [-0.25, -0.2) is 9.88 Å². The smallest absolute Gasteiger partial charge is 0.308 e. The number of amides is 1. The van der Waals surface area contributed by atoms with E-state index in [4.69, 9.17) is 26.2 Å². The van der Waals surface area contributed by atoms with Gasteiger partial charge in [0.1, 0.15) is 0 Å². The standard InChI is InChI=1S/C25H25ClN4O5S/c1-5-6-11-36-25-27-23(33)21-17-9-7-8-10-19(17)29(14(2)31)24(30(21)28-25)18-12-16(26)13-20(34-4)22(18)35-15(3)32/h7-10,12-13,24H,5-6,11H2,1-4H3. The Hall–Kier alpha value is -3.37. The summed E-state index contributed by atoms with van der Waals surface area (Å²) in [5.41, 5.74) is 1.55. The van der Waals surface area contributed by atoms with Crippen molar-refractivity contribution in [3.63, 3.8) is 0 Å². The molecule has 0 fully saturated rings. The summed E-state index contributed by atoms with van der Waals surface area (Å²) in [6.45, 7) is 4.75. The van der Waals surface area contributed by atoms with Crippen molar-refractivity contribution in [1.29, 1.82) is 0 Å². The van der Waals surface area contributed by atoms with Gasteiger partial charge in [0, 0.05) is 35.8 Å². The molecule has 4 rings (SSSR count). The van der Waals surface area contributed by atoms with E-state index in [1.807, 2.05) is 0 Å². The van der Waals surface area contributed by atoms with Gasteiger partial charge in [0.2, 0.25) is 5.91 Å². The van der Waals surface area contributed by atoms with Gasteiger partial charge in [-0.2, -0.15) is 0 Å². The predicted octanol–water partition coefficient (Wildman–Crippen LogP) is 3.90. The number of hydrogen-bond donors (Lipinski definition) is 0. The number of methoxy groups -OCH3 is 1. The molecule has 36 heavy (non-hydrogen) atoms. The van der Waals surface area contributed by atoms with Gasteiger partial charge in [-0.15, -0.1) is 0 Å². The van der Waals surface area contributed by atoms with Crippen LogP contribution >= 0.6 is 23.4 Å². The van der Waals surface area contributed by atoms with Crippen molar-refractivity contribution in [2.45, 2.75) is 44.9 Å². The first-order valence-corrected chi connectivity index (χ1v) is 12.7. The first-order valence-electron chi connectivity index (χ1n) is 11.4. The molecule has 0 bridgehead atoms. The van der Waals surface area contributed by atoms with E-state index in [0.29, 0.717) is 16.8 Å². The molecule has 11 heteroatoms. The summed E-state index contributed by atoms with van der Waals surface area (Å²) in [5.74, 6) is -0.370. The number of nitrogens with zero attached hydrogens (tertiary/aromatic N) is 4. The summed E-state index contributed by atoms with van der Waals surface area (Å²) < 4.78 is 12.5. The minimum Gasteiger partial charge on any atom is -0.854 e. The lowest BCUT2D eigenvalue weighted by Crippen LogP contribution is -2.58. The van der Waals surface area contributed by atoms with E-state index < -0.39 is 18.0 Å². The number of esters is 1. The van der Waals surface area contributed by atoms with E-state index >= 15 is 0 Å². The van der Waals surface area contributed by atoms with Crippen molar-refractivity contribution in [3.05, 3.63) is 47.0 Å². The lowest BCUT2D eigenvalue weighted by atomic mass is 10.0. The second-order valence-electron chi connectivity index (χ2n) is 8.09. The maximum absolute atomic E-state index is 13.4. The minimum absolute atomic E-state index is 0.0785. The summed E-state index contributed by atoms with van der Waals surface area (Å²) in [6, 6.07) is 10.1. The van der Waals surface area contributed by atoms with Gasteiger partial charge < -0.3 is 14.6 Å². The Morgan fingerprint density at radius 3 is 2.67 bits per heavy atom. The summed E-state index contributed by atoms with van der Waals surface area (Å²) in [6.07, 6.45) is 0.908. The summed E-state index contributed by atoms with van der Waals surface area (Å²) in [5, 5.41) is 18.6. The number of ether oxygens (including phenoxy) is 2. The zero-order chi connectivity index (χ0) is 26.0. The fourth-order valence-corrected chi connectivity index (χ4v) is 5.24. The molecule has 1 unspecified atom stereocenters. The number of halogens is 1. The molecule has 0 radical (unpaired) electrons. The number of thioether (sulfide) groups is 1. The molecule has 1 amide bonds. The topological polar surface area (TPSA) is 109 Å². The van der Waals surface area contributed by atoms with Crippen LogP contribution in [0.1, 0.15) is 45.3 Å². The fourth-order valence-electron chi connectivity index (χ4n) is 4.11. The van der Waals surface area contributed by atoms with Crippen LogP contribution in [0.3, 0.4) is 0 Å². The summed E-state index contributed by atoms with van der Waals surface area (Å²) in [4.78, 5) is 30.9. The van der Waals surface area contributed by atoms with Crippen molar-refractivity contribution in [3.8, 4) is 28.6 Å². The van der Waals surface area contributed by atoms with Gasteiger partial charge in [0.25, 0.3) is 17.0 Å². The average molecular weight is 529 g/mol. The molecule has 1 aliphatic rings. The highest BCUT2D eigenvalue weighted by Crippen LogP contribution is 2.45. The SMILES string of the molecule is CCCCSc1nc([O-])c2[n+](n1)C(c1cc(Cl)cc(OC)c1OC(C)=O)N(C(C)=O)c1ccccc1-2. The largest absolute Gasteiger partial charge is 0.854 e. The Morgan fingerprint density at radius 2 is 2.00 bits per heavy atom. The van der Waals surface area contributed by atoms with Gasteiger partial charge in [-0.05, 0) is 24.6 Å². The van der Waals surface area contributed by atoms with Gasteiger partial charge in [0.05, 0.1) is 29.8 Å². The summed E-state index contributed by atoms with van der Waals surface area (Å²) in [7, 11) is 1.42. The number of para-hydroxylation sites is 1. The second-order valence-corrected chi connectivity index (χ2v) is 9.59. The van der Waals surface area contributed by atoms with Crippen LogP contribution in [0, 0.1) is 0 Å². The quantitative estimate of drug-likeness (QED) is 0.149. The van der Waals surface area contributed by atoms with Gasteiger partial charge in [-0.1, -0.05) is 53.5 Å². The van der Waals surface area contributed by atoms with Gasteiger partial charge >= 0.3 is 5.97 Å². The molecule has 0 spiro atoms. The highest BCUT2D eigenvalue weighted by atomic mass is 35.5. The van der Waals surface area contributed by atoms with Gasteiger partial charge in [0.15, 0.2) is 11.5 Å².